The number of carbonyl (C=O) groups is 1. The van der Waals surface area contributed by atoms with Crippen molar-refractivity contribution in [3.63, 3.8) is 0 Å². The number of hydrogen-bond acceptors (Lipinski definition) is 2. The lowest BCUT2D eigenvalue weighted by Gasteiger charge is -2.26. The first-order chi connectivity index (χ1) is 7.52. The Hall–Kier alpha value is -1.78. The third-order valence-electron chi connectivity index (χ3n) is 2.22. The van der Waals surface area contributed by atoms with Gasteiger partial charge in [-0.2, -0.15) is 13.2 Å². The standard InChI is InChI=1S/C11H7F3O2/c12-11(13,14)10-8(6-15)5-7-3-1-2-4-9(7)16-10/h1-6,10H. The topological polar surface area (TPSA) is 26.3 Å². The molecule has 0 amide bonds. The van der Waals surface area contributed by atoms with Crippen LogP contribution in [-0.2, 0) is 4.79 Å². The molecule has 1 aromatic carbocycles. The Kier molecular flexibility index (Phi) is 2.46. The minimum absolute atomic E-state index is 0.135. The zero-order valence-electron chi connectivity index (χ0n) is 7.99. The molecule has 1 unspecified atom stereocenters. The molecule has 84 valence electrons. The second-order valence-electron chi connectivity index (χ2n) is 3.34. The summed E-state index contributed by atoms with van der Waals surface area (Å²) in [6.07, 6.45) is -5.38. The van der Waals surface area contributed by atoms with Gasteiger partial charge in [-0.05, 0) is 12.1 Å². The number of benzene rings is 1. The molecule has 0 saturated heterocycles. The van der Waals surface area contributed by atoms with Crippen molar-refractivity contribution in [2.45, 2.75) is 12.3 Å². The number of halogens is 3. The van der Waals surface area contributed by atoms with Crippen molar-refractivity contribution in [3.8, 4) is 5.75 Å². The molecule has 0 fully saturated rings. The van der Waals surface area contributed by atoms with Gasteiger partial charge in [0.15, 0.2) is 0 Å². The van der Waals surface area contributed by atoms with E-state index in [9.17, 15) is 18.0 Å². The summed E-state index contributed by atoms with van der Waals surface area (Å²) < 4.78 is 42.4. The third kappa shape index (κ3) is 1.80. The first kappa shape index (κ1) is 10.7. The zero-order chi connectivity index (χ0) is 11.8. The Labute approximate surface area is 89.3 Å². The summed E-state index contributed by atoms with van der Waals surface area (Å²) in [7, 11) is 0. The number of fused-ring (bicyclic) bond motifs is 1. The molecule has 0 spiro atoms. The maximum Gasteiger partial charge on any atom is 0.429 e. The van der Waals surface area contributed by atoms with E-state index in [1.54, 1.807) is 18.2 Å². The first-order valence-electron chi connectivity index (χ1n) is 4.51. The number of carbonyl (C=O) groups excluding carboxylic acids is 1. The summed E-state index contributed by atoms with van der Waals surface area (Å²) in [5.41, 5.74) is 0.0660. The molecule has 0 saturated carbocycles. The molecule has 1 aliphatic rings. The van der Waals surface area contributed by atoms with Crippen LogP contribution in [0, 0.1) is 0 Å². The molecule has 0 aliphatic carbocycles. The Bertz CT molecular complexity index is 449. The SMILES string of the molecule is O=CC1=Cc2ccccc2OC1C(F)(F)F. The monoisotopic (exact) mass is 228 g/mol. The Morgan fingerprint density at radius 3 is 2.56 bits per heavy atom. The molecule has 0 bridgehead atoms. The molecule has 1 aromatic rings. The van der Waals surface area contributed by atoms with E-state index in [4.69, 9.17) is 4.74 Å². The van der Waals surface area contributed by atoms with E-state index in [2.05, 4.69) is 0 Å². The van der Waals surface area contributed by atoms with Crippen molar-refractivity contribution in [1.29, 1.82) is 0 Å². The van der Waals surface area contributed by atoms with Crippen LogP contribution in [0.25, 0.3) is 6.08 Å². The van der Waals surface area contributed by atoms with Crippen LogP contribution in [0.2, 0.25) is 0 Å². The number of alkyl halides is 3. The van der Waals surface area contributed by atoms with E-state index in [0.29, 0.717) is 5.56 Å². The van der Waals surface area contributed by atoms with Gasteiger partial charge in [0.2, 0.25) is 6.10 Å². The molecule has 1 atom stereocenters. The van der Waals surface area contributed by atoms with Gasteiger partial charge in [0, 0.05) is 11.1 Å². The summed E-state index contributed by atoms with van der Waals surface area (Å²) >= 11 is 0. The van der Waals surface area contributed by atoms with Crippen molar-refractivity contribution < 1.29 is 22.7 Å². The second kappa shape index (κ2) is 3.66. The highest BCUT2D eigenvalue weighted by molar-refractivity contribution is 5.85. The van der Waals surface area contributed by atoms with Crippen LogP contribution >= 0.6 is 0 Å². The van der Waals surface area contributed by atoms with Crippen LogP contribution in [0.3, 0.4) is 0 Å². The maximum atomic E-state index is 12.5. The third-order valence-corrected chi connectivity index (χ3v) is 2.22. The number of ether oxygens (including phenoxy) is 1. The van der Waals surface area contributed by atoms with Crippen molar-refractivity contribution in [2.24, 2.45) is 0 Å². The average Bonchev–Trinajstić information content (AvgIpc) is 2.26. The van der Waals surface area contributed by atoms with Gasteiger partial charge in [0.1, 0.15) is 12.0 Å². The van der Waals surface area contributed by atoms with E-state index in [0.717, 1.165) is 0 Å². The minimum atomic E-state index is -4.58. The van der Waals surface area contributed by atoms with Gasteiger partial charge in [0.25, 0.3) is 0 Å². The number of rotatable bonds is 1. The largest absolute Gasteiger partial charge is 0.475 e. The van der Waals surface area contributed by atoms with E-state index < -0.39 is 17.9 Å². The van der Waals surface area contributed by atoms with Gasteiger partial charge in [-0.15, -0.1) is 0 Å². The van der Waals surface area contributed by atoms with Crippen molar-refractivity contribution in [1.82, 2.24) is 0 Å². The van der Waals surface area contributed by atoms with Crippen molar-refractivity contribution in [2.75, 3.05) is 0 Å². The summed E-state index contributed by atoms with van der Waals surface area (Å²) in [6.45, 7) is 0. The van der Waals surface area contributed by atoms with Crippen LogP contribution < -0.4 is 4.74 Å². The lowest BCUT2D eigenvalue weighted by molar-refractivity contribution is -0.184. The Morgan fingerprint density at radius 2 is 1.94 bits per heavy atom. The van der Waals surface area contributed by atoms with Crippen LogP contribution in [0.4, 0.5) is 13.2 Å². The predicted octanol–water partition coefficient (Wildman–Crippen LogP) is 2.59. The molecule has 0 aromatic heterocycles. The molecule has 5 heteroatoms. The molecule has 2 nitrogen and oxygen atoms in total. The Morgan fingerprint density at radius 1 is 1.25 bits per heavy atom. The molecule has 0 N–H and O–H groups in total. The van der Waals surface area contributed by atoms with Crippen molar-refractivity contribution in [3.05, 3.63) is 35.4 Å². The molecule has 1 aliphatic heterocycles. The van der Waals surface area contributed by atoms with Gasteiger partial charge in [-0.1, -0.05) is 18.2 Å². The van der Waals surface area contributed by atoms with Crippen LogP contribution in [0.1, 0.15) is 5.56 Å². The lowest BCUT2D eigenvalue weighted by atomic mass is 10.0. The summed E-state index contributed by atoms with van der Waals surface area (Å²) in [5.74, 6) is 0.135. The minimum Gasteiger partial charge on any atom is -0.475 e. The fourth-order valence-corrected chi connectivity index (χ4v) is 1.51. The van der Waals surface area contributed by atoms with Gasteiger partial charge in [-0.3, -0.25) is 4.79 Å². The van der Waals surface area contributed by atoms with E-state index >= 15 is 0 Å². The van der Waals surface area contributed by atoms with Crippen molar-refractivity contribution >= 4 is 12.4 Å². The van der Waals surface area contributed by atoms with Gasteiger partial charge < -0.3 is 4.74 Å². The van der Waals surface area contributed by atoms with Gasteiger partial charge in [-0.25, -0.2) is 0 Å². The van der Waals surface area contributed by atoms with E-state index in [1.165, 1.54) is 12.1 Å². The zero-order valence-corrected chi connectivity index (χ0v) is 7.99. The smallest absolute Gasteiger partial charge is 0.429 e. The molecular formula is C11H7F3O2. The first-order valence-corrected chi connectivity index (χ1v) is 4.51. The Balaban J connectivity index is 2.47. The fraction of sp³-hybridized carbons (Fsp3) is 0.182. The van der Waals surface area contributed by atoms with E-state index in [-0.39, 0.29) is 12.0 Å². The highest BCUT2D eigenvalue weighted by atomic mass is 19.4. The molecule has 1 heterocycles. The van der Waals surface area contributed by atoms with Crippen LogP contribution in [0.15, 0.2) is 29.8 Å². The lowest BCUT2D eigenvalue weighted by Crippen LogP contribution is -2.38. The van der Waals surface area contributed by atoms with Gasteiger partial charge in [0.05, 0.1) is 0 Å². The second-order valence-corrected chi connectivity index (χ2v) is 3.34. The summed E-state index contributed by atoms with van der Waals surface area (Å²) in [5, 5.41) is 0. The fourth-order valence-electron chi connectivity index (χ4n) is 1.51. The maximum absolute atomic E-state index is 12.5. The highest BCUT2D eigenvalue weighted by Crippen LogP contribution is 2.35. The molecule has 0 radical (unpaired) electrons. The summed E-state index contributed by atoms with van der Waals surface area (Å²) in [6, 6.07) is 6.26. The molecule has 16 heavy (non-hydrogen) atoms. The average molecular weight is 228 g/mol. The normalized spacial score (nSPS) is 19.4. The molecular weight excluding hydrogens is 221 g/mol. The van der Waals surface area contributed by atoms with Crippen LogP contribution in [0.5, 0.6) is 5.75 Å². The quantitative estimate of drug-likeness (QED) is 0.690. The summed E-state index contributed by atoms with van der Waals surface area (Å²) in [4.78, 5) is 10.6. The highest BCUT2D eigenvalue weighted by Gasteiger charge is 2.45. The number of aldehydes is 1. The number of hydrogen-bond donors (Lipinski definition) is 0. The van der Waals surface area contributed by atoms with E-state index in [1.807, 2.05) is 0 Å². The molecule has 2 rings (SSSR count). The van der Waals surface area contributed by atoms with Gasteiger partial charge >= 0.3 is 6.18 Å². The van der Waals surface area contributed by atoms with Crippen LogP contribution in [-0.4, -0.2) is 18.6 Å². The number of para-hydroxylation sites is 1. The predicted molar refractivity (Wildman–Crippen MR) is 51.0 cm³/mol.